The second-order valence-corrected chi connectivity index (χ2v) is 5.17. The van der Waals surface area contributed by atoms with Gasteiger partial charge >= 0.3 is 0 Å². The van der Waals surface area contributed by atoms with Crippen LogP contribution in [0.25, 0.3) is 5.69 Å². The molecule has 8 heteroatoms. The third-order valence-corrected chi connectivity index (χ3v) is 3.51. The van der Waals surface area contributed by atoms with Gasteiger partial charge in [0.2, 0.25) is 0 Å². The Kier molecular flexibility index (Phi) is 4.28. The number of halogens is 2. The van der Waals surface area contributed by atoms with Gasteiger partial charge in [-0.15, -0.1) is 5.10 Å². The number of hydrogen-bond donors (Lipinski definition) is 1. The Morgan fingerprint density at radius 3 is 2.71 bits per heavy atom. The fourth-order valence-electron chi connectivity index (χ4n) is 2.21. The summed E-state index contributed by atoms with van der Waals surface area (Å²) in [4.78, 5) is 12.4. The standard InChI is InChI=1S/C16H13F2N5O/c1-10(11-5-6-14(17)15(18)8-11)20-16(24)12-3-2-4-13(7-12)23-9-19-21-22-23/h2-10H,1H3,(H,20,24)/t10-/m1/s1. The summed E-state index contributed by atoms with van der Waals surface area (Å²) < 4.78 is 27.7. The van der Waals surface area contributed by atoms with Gasteiger partial charge in [0.15, 0.2) is 11.6 Å². The Bertz CT molecular complexity index is 867. The van der Waals surface area contributed by atoms with Gasteiger partial charge in [-0.25, -0.2) is 13.5 Å². The van der Waals surface area contributed by atoms with Crippen molar-refractivity contribution < 1.29 is 13.6 Å². The first kappa shape index (κ1) is 15.7. The molecule has 0 saturated carbocycles. The van der Waals surface area contributed by atoms with Gasteiger partial charge in [-0.05, 0) is 53.2 Å². The third-order valence-electron chi connectivity index (χ3n) is 3.51. The summed E-state index contributed by atoms with van der Waals surface area (Å²) in [5.41, 5.74) is 1.50. The first-order valence-corrected chi connectivity index (χ1v) is 7.14. The topological polar surface area (TPSA) is 72.7 Å². The summed E-state index contributed by atoms with van der Waals surface area (Å²) in [6.45, 7) is 1.69. The molecule has 0 unspecified atom stereocenters. The van der Waals surface area contributed by atoms with Gasteiger partial charge < -0.3 is 5.32 Å². The maximum absolute atomic E-state index is 13.3. The van der Waals surface area contributed by atoms with E-state index in [9.17, 15) is 13.6 Å². The Labute approximate surface area is 136 Å². The molecule has 0 fully saturated rings. The molecule has 6 nitrogen and oxygen atoms in total. The minimum atomic E-state index is -0.950. The maximum Gasteiger partial charge on any atom is 0.251 e. The molecule has 0 saturated heterocycles. The van der Waals surface area contributed by atoms with Crippen LogP contribution < -0.4 is 5.32 Å². The minimum absolute atomic E-state index is 0.345. The number of carbonyl (C=O) groups is 1. The lowest BCUT2D eigenvalue weighted by atomic mass is 10.1. The van der Waals surface area contributed by atoms with Crippen molar-refractivity contribution in [1.82, 2.24) is 25.5 Å². The highest BCUT2D eigenvalue weighted by atomic mass is 19.2. The number of nitrogens with zero attached hydrogens (tertiary/aromatic N) is 4. The van der Waals surface area contributed by atoms with Crippen LogP contribution in [0.4, 0.5) is 8.78 Å². The molecule has 1 N–H and O–H groups in total. The van der Waals surface area contributed by atoms with Gasteiger partial charge in [0.25, 0.3) is 5.91 Å². The van der Waals surface area contributed by atoms with E-state index in [1.54, 1.807) is 31.2 Å². The highest BCUT2D eigenvalue weighted by molar-refractivity contribution is 5.94. The molecule has 0 aliphatic rings. The predicted octanol–water partition coefficient (Wildman–Crippen LogP) is 2.43. The summed E-state index contributed by atoms with van der Waals surface area (Å²) in [5.74, 6) is -2.22. The zero-order valence-corrected chi connectivity index (χ0v) is 12.6. The Hall–Kier alpha value is -3.16. The SMILES string of the molecule is C[C@@H](NC(=O)c1cccc(-n2cnnn2)c1)c1ccc(F)c(F)c1. The average molecular weight is 329 g/mol. The normalized spacial score (nSPS) is 12.0. The lowest BCUT2D eigenvalue weighted by Gasteiger charge is -2.15. The zero-order chi connectivity index (χ0) is 17.1. The average Bonchev–Trinajstić information content (AvgIpc) is 3.12. The molecule has 122 valence electrons. The third kappa shape index (κ3) is 3.27. The van der Waals surface area contributed by atoms with Crippen molar-refractivity contribution in [2.45, 2.75) is 13.0 Å². The van der Waals surface area contributed by atoms with Crippen LogP contribution in [-0.2, 0) is 0 Å². The van der Waals surface area contributed by atoms with E-state index in [-0.39, 0.29) is 5.91 Å². The first-order chi connectivity index (χ1) is 11.5. The van der Waals surface area contributed by atoms with Crippen molar-refractivity contribution in [3.05, 3.63) is 71.6 Å². The van der Waals surface area contributed by atoms with Crippen LogP contribution in [0.15, 0.2) is 48.8 Å². The fraction of sp³-hybridized carbons (Fsp3) is 0.125. The van der Waals surface area contributed by atoms with Gasteiger partial charge in [-0.3, -0.25) is 4.79 Å². The molecular weight excluding hydrogens is 316 g/mol. The zero-order valence-electron chi connectivity index (χ0n) is 12.6. The molecule has 2 aromatic carbocycles. The minimum Gasteiger partial charge on any atom is -0.346 e. The molecule has 1 atom stereocenters. The van der Waals surface area contributed by atoms with Gasteiger partial charge in [-0.2, -0.15) is 0 Å². The molecule has 1 heterocycles. The molecule has 3 rings (SSSR count). The molecule has 1 aromatic heterocycles. The Balaban J connectivity index is 1.77. The molecular formula is C16H13F2N5O. The fourth-order valence-corrected chi connectivity index (χ4v) is 2.21. The number of hydrogen-bond acceptors (Lipinski definition) is 4. The number of carbonyl (C=O) groups excluding carboxylic acids is 1. The van der Waals surface area contributed by atoms with Crippen molar-refractivity contribution in [3.8, 4) is 5.69 Å². The molecule has 3 aromatic rings. The second kappa shape index (κ2) is 6.53. The number of amides is 1. The number of tetrazole rings is 1. The van der Waals surface area contributed by atoms with E-state index in [2.05, 4.69) is 20.8 Å². The molecule has 24 heavy (non-hydrogen) atoms. The van der Waals surface area contributed by atoms with Crippen molar-refractivity contribution in [2.75, 3.05) is 0 Å². The molecule has 0 spiro atoms. The second-order valence-electron chi connectivity index (χ2n) is 5.17. The van der Waals surface area contributed by atoms with Crippen LogP contribution >= 0.6 is 0 Å². The Morgan fingerprint density at radius 1 is 1.17 bits per heavy atom. The summed E-state index contributed by atoms with van der Waals surface area (Å²) in [6, 6.07) is 9.78. The van der Waals surface area contributed by atoms with Crippen LogP contribution in [0.2, 0.25) is 0 Å². The van der Waals surface area contributed by atoms with Crippen LogP contribution in [0.5, 0.6) is 0 Å². The van der Waals surface area contributed by atoms with E-state index in [1.165, 1.54) is 17.1 Å². The summed E-state index contributed by atoms with van der Waals surface area (Å²) in [5, 5.41) is 13.6. The van der Waals surface area contributed by atoms with E-state index in [0.717, 1.165) is 12.1 Å². The lowest BCUT2D eigenvalue weighted by Crippen LogP contribution is -2.26. The monoisotopic (exact) mass is 329 g/mol. The van der Waals surface area contributed by atoms with Crippen LogP contribution in [0.3, 0.4) is 0 Å². The highest BCUT2D eigenvalue weighted by Crippen LogP contribution is 2.17. The lowest BCUT2D eigenvalue weighted by molar-refractivity contribution is 0.0939. The summed E-state index contributed by atoms with van der Waals surface area (Å²) >= 11 is 0. The van der Waals surface area contributed by atoms with Gasteiger partial charge in [0.1, 0.15) is 6.33 Å². The van der Waals surface area contributed by atoms with Crippen molar-refractivity contribution in [2.24, 2.45) is 0 Å². The summed E-state index contributed by atoms with van der Waals surface area (Å²) in [6.07, 6.45) is 1.42. The van der Waals surface area contributed by atoms with Crippen LogP contribution in [0, 0.1) is 11.6 Å². The van der Waals surface area contributed by atoms with Gasteiger partial charge in [-0.1, -0.05) is 12.1 Å². The molecule has 0 radical (unpaired) electrons. The van der Waals surface area contributed by atoms with Crippen LogP contribution in [0.1, 0.15) is 28.9 Å². The highest BCUT2D eigenvalue weighted by Gasteiger charge is 2.14. The Morgan fingerprint density at radius 2 is 2.00 bits per heavy atom. The quantitative estimate of drug-likeness (QED) is 0.798. The molecule has 0 aliphatic heterocycles. The molecule has 1 amide bonds. The molecule has 0 bridgehead atoms. The number of nitrogens with one attached hydrogen (secondary N) is 1. The van der Waals surface area contributed by atoms with E-state index < -0.39 is 17.7 Å². The van der Waals surface area contributed by atoms with Crippen molar-refractivity contribution in [3.63, 3.8) is 0 Å². The maximum atomic E-state index is 13.3. The van der Waals surface area contributed by atoms with Crippen molar-refractivity contribution >= 4 is 5.91 Å². The largest absolute Gasteiger partial charge is 0.346 e. The summed E-state index contributed by atoms with van der Waals surface area (Å²) in [7, 11) is 0. The van der Waals surface area contributed by atoms with E-state index in [1.807, 2.05) is 0 Å². The van der Waals surface area contributed by atoms with E-state index >= 15 is 0 Å². The van der Waals surface area contributed by atoms with Crippen LogP contribution in [-0.4, -0.2) is 26.1 Å². The van der Waals surface area contributed by atoms with Gasteiger partial charge in [0, 0.05) is 5.56 Å². The van der Waals surface area contributed by atoms with E-state index in [0.29, 0.717) is 16.8 Å². The predicted molar refractivity (Wildman–Crippen MR) is 81.4 cm³/mol. The first-order valence-electron chi connectivity index (χ1n) is 7.14. The van der Waals surface area contributed by atoms with E-state index in [4.69, 9.17) is 0 Å². The smallest absolute Gasteiger partial charge is 0.251 e. The van der Waals surface area contributed by atoms with Crippen molar-refractivity contribution in [1.29, 1.82) is 0 Å². The van der Waals surface area contributed by atoms with Gasteiger partial charge in [0.05, 0.1) is 11.7 Å². The molecule has 0 aliphatic carbocycles. The number of benzene rings is 2. The number of rotatable bonds is 4. The number of aromatic nitrogens is 4.